The Bertz CT molecular complexity index is 1450. The summed E-state index contributed by atoms with van der Waals surface area (Å²) in [6, 6.07) is 7.88. The van der Waals surface area contributed by atoms with Crippen molar-refractivity contribution in [2.75, 3.05) is 39.4 Å². The highest BCUT2D eigenvalue weighted by molar-refractivity contribution is 7.08. The summed E-state index contributed by atoms with van der Waals surface area (Å²) in [6.45, 7) is 3.47. The number of hydrogen-bond donors (Lipinski definition) is 1. The third-order valence-corrected chi connectivity index (χ3v) is 7.26. The number of halogens is 3. The Balaban J connectivity index is 1.79. The fourth-order valence-electron chi connectivity index (χ4n) is 3.65. The van der Waals surface area contributed by atoms with Gasteiger partial charge in [0.05, 0.1) is 29.0 Å². The van der Waals surface area contributed by atoms with Crippen LogP contribution in [0.1, 0.15) is 11.1 Å². The van der Waals surface area contributed by atoms with Crippen LogP contribution in [0.5, 0.6) is 0 Å². The number of morpholine rings is 1. The lowest BCUT2D eigenvalue weighted by Gasteiger charge is -2.26. The highest BCUT2D eigenvalue weighted by Gasteiger charge is 2.31. The summed E-state index contributed by atoms with van der Waals surface area (Å²) >= 11 is 2.31. The average molecular weight is 535 g/mol. The zero-order valence-corrected chi connectivity index (χ0v) is 20.5. The molecule has 1 aliphatic rings. The molecule has 0 bridgehead atoms. The lowest BCUT2D eigenvalue weighted by Crippen LogP contribution is -2.42. The van der Waals surface area contributed by atoms with Crippen LogP contribution in [0.4, 0.5) is 13.2 Å². The first-order valence-corrected chi connectivity index (χ1v) is 12.7. The van der Waals surface area contributed by atoms with Crippen molar-refractivity contribution in [3.8, 4) is 11.8 Å². The molecule has 1 aromatic carbocycles. The molecule has 1 aliphatic heterocycles. The van der Waals surface area contributed by atoms with Crippen LogP contribution in [-0.4, -0.2) is 54.8 Å². The molecule has 0 saturated carbocycles. The van der Waals surface area contributed by atoms with Gasteiger partial charge in [0.2, 0.25) is 0 Å². The minimum Gasteiger partial charge on any atom is -0.379 e. The predicted molar refractivity (Wildman–Crippen MR) is 131 cm³/mol. The van der Waals surface area contributed by atoms with E-state index in [1.54, 1.807) is 17.5 Å². The van der Waals surface area contributed by atoms with Gasteiger partial charge in [-0.1, -0.05) is 6.07 Å². The van der Waals surface area contributed by atoms with Crippen LogP contribution in [0.2, 0.25) is 0 Å². The van der Waals surface area contributed by atoms with Gasteiger partial charge in [-0.2, -0.15) is 29.8 Å². The first-order valence-electron chi connectivity index (χ1n) is 10.9. The zero-order chi connectivity index (χ0) is 25.7. The monoisotopic (exact) mass is 534 g/mol. The number of nitriles is 1. The maximum Gasteiger partial charge on any atom is 0.416 e. The van der Waals surface area contributed by atoms with E-state index in [0.717, 1.165) is 46.7 Å². The number of aromatic nitrogens is 1. The second kappa shape index (κ2) is 11.2. The highest BCUT2D eigenvalue weighted by atomic mass is 32.1. The lowest BCUT2D eigenvalue weighted by atomic mass is 10.2. The van der Waals surface area contributed by atoms with Gasteiger partial charge in [-0.05, 0) is 46.7 Å². The van der Waals surface area contributed by atoms with Gasteiger partial charge in [-0.3, -0.25) is 19.1 Å². The van der Waals surface area contributed by atoms with Crippen molar-refractivity contribution in [1.29, 1.82) is 5.26 Å². The summed E-state index contributed by atoms with van der Waals surface area (Å²) < 4.78 is 46.5. The van der Waals surface area contributed by atoms with Crippen LogP contribution in [0.25, 0.3) is 17.3 Å². The van der Waals surface area contributed by atoms with Gasteiger partial charge < -0.3 is 10.1 Å². The highest BCUT2D eigenvalue weighted by Crippen LogP contribution is 2.30. The lowest BCUT2D eigenvalue weighted by molar-refractivity contribution is -0.137. The van der Waals surface area contributed by atoms with E-state index in [0.29, 0.717) is 19.8 Å². The van der Waals surface area contributed by atoms with Gasteiger partial charge in [0, 0.05) is 26.2 Å². The van der Waals surface area contributed by atoms with Crippen molar-refractivity contribution in [3.05, 3.63) is 71.8 Å². The topological polar surface area (TPSA) is 87.4 Å². The average Bonchev–Trinajstić information content (AvgIpc) is 3.48. The molecular weight excluding hydrogens is 513 g/mol. The largest absolute Gasteiger partial charge is 0.416 e. The molecule has 1 fully saturated rings. The van der Waals surface area contributed by atoms with Gasteiger partial charge in [0.25, 0.3) is 11.5 Å². The number of nitrogens with one attached hydrogen (secondary N) is 1. The predicted octanol–water partition coefficient (Wildman–Crippen LogP) is 1.93. The van der Waals surface area contributed by atoms with Gasteiger partial charge in [0.1, 0.15) is 10.7 Å². The number of carbonyl (C=O) groups excluding carboxylic acids is 1. The number of benzene rings is 1. The van der Waals surface area contributed by atoms with Crippen LogP contribution in [-0.2, 0) is 15.7 Å². The molecular formula is C24H21F3N4O3S2. The summed E-state index contributed by atoms with van der Waals surface area (Å²) in [5.74, 6) is -0.699. The summed E-state index contributed by atoms with van der Waals surface area (Å²) in [4.78, 5) is 28.4. The van der Waals surface area contributed by atoms with E-state index in [1.165, 1.54) is 23.5 Å². The second-order valence-corrected chi connectivity index (χ2v) is 9.67. The fraction of sp³-hybridized carbons (Fsp3) is 0.292. The molecule has 12 heteroatoms. The van der Waals surface area contributed by atoms with Gasteiger partial charge in [-0.25, -0.2) is 0 Å². The number of alkyl halides is 3. The SMILES string of the molecule is N#C/C(C(=O)NCCN1CCOCC1)=c1/s/c(=C\c2ccsc2)c(=O)n1-c1cccc(C(F)(F)F)c1. The molecule has 188 valence electrons. The second-order valence-electron chi connectivity index (χ2n) is 7.86. The van der Waals surface area contributed by atoms with Crippen molar-refractivity contribution >= 4 is 40.2 Å². The standard InChI is InChI=1S/C24H21F3N4O3S2/c25-24(26,27)17-2-1-3-18(13-17)31-22(33)20(12-16-4-11-35-15-16)36-23(31)19(14-28)21(32)29-5-6-30-7-9-34-10-8-30/h1-4,11-13,15H,5-10H2,(H,29,32)/b20-12-,23-19-. The molecule has 1 amide bonds. The summed E-state index contributed by atoms with van der Waals surface area (Å²) in [7, 11) is 0. The quantitative estimate of drug-likeness (QED) is 0.523. The Kier molecular flexibility index (Phi) is 8.05. The Morgan fingerprint density at radius 1 is 1.25 bits per heavy atom. The maximum atomic E-state index is 13.4. The Hall–Kier alpha value is -3.24. The first kappa shape index (κ1) is 25.8. The van der Waals surface area contributed by atoms with Crippen LogP contribution in [0.3, 0.4) is 0 Å². The van der Waals surface area contributed by atoms with Crippen molar-refractivity contribution in [3.63, 3.8) is 0 Å². The summed E-state index contributed by atoms with van der Waals surface area (Å²) in [5, 5.41) is 16.2. The van der Waals surface area contributed by atoms with E-state index in [1.807, 2.05) is 11.4 Å². The molecule has 0 atom stereocenters. The normalized spacial score (nSPS) is 16.0. The smallest absolute Gasteiger partial charge is 0.379 e. The van der Waals surface area contributed by atoms with E-state index in [2.05, 4.69) is 10.2 Å². The number of thiazole rings is 1. The van der Waals surface area contributed by atoms with E-state index < -0.39 is 23.2 Å². The van der Waals surface area contributed by atoms with Crippen molar-refractivity contribution < 1.29 is 22.7 Å². The van der Waals surface area contributed by atoms with E-state index in [4.69, 9.17) is 4.74 Å². The molecule has 1 saturated heterocycles. The molecule has 0 aliphatic carbocycles. The number of nitrogens with zero attached hydrogens (tertiary/aromatic N) is 3. The molecule has 1 N–H and O–H groups in total. The zero-order valence-electron chi connectivity index (χ0n) is 18.9. The third kappa shape index (κ3) is 5.93. The molecule has 3 aromatic rings. The Labute approximate surface area is 212 Å². The molecule has 36 heavy (non-hydrogen) atoms. The number of rotatable bonds is 6. The molecule has 0 unspecified atom stereocenters. The molecule has 0 spiro atoms. The summed E-state index contributed by atoms with van der Waals surface area (Å²) in [5.41, 5.74) is -1.26. The van der Waals surface area contributed by atoms with Gasteiger partial charge in [-0.15, -0.1) is 11.3 Å². The molecule has 0 radical (unpaired) electrons. The van der Waals surface area contributed by atoms with Crippen molar-refractivity contribution in [1.82, 2.24) is 14.8 Å². The van der Waals surface area contributed by atoms with Gasteiger partial charge in [0.15, 0.2) is 5.57 Å². The Morgan fingerprint density at radius 3 is 2.69 bits per heavy atom. The molecule has 3 heterocycles. The summed E-state index contributed by atoms with van der Waals surface area (Å²) in [6.07, 6.45) is -3.04. The van der Waals surface area contributed by atoms with Crippen LogP contribution >= 0.6 is 22.7 Å². The van der Waals surface area contributed by atoms with Gasteiger partial charge >= 0.3 is 6.18 Å². The number of carbonyl (C=O) groups is 1. The fourth-order valence-corrected chi connectivity index (χ4v) is 5.37. The Morgan fingerprint density at radius 2 is 2.03 bits per heavy atom. The number of ether oxygens (including phenoxy) is 1. The molecule has 4 rings (SSSR count). The number of amides is 1. The van der Waals surface area contributed by atoms with E-state index in [9.17, 15) is 28.0 Å². The third-order valence-electron chi connectivity index (χ3n) is 5.47. The molecule has 7 nitrogen and oxygen atoms in total. The van der Waals surface area contributed by atoms with E-state index in [-0.39, 0.29) is 27.0 Å². The molecule has 2 aromatic heterocycles. The van der Waals surface area contributed by atoms with Crippen LogP contribution in [0, 0.1) is 11.3 Å². The minimum absolute atomic E-state index is 0.0350. The first-order chi connectivity index (χ1) is 17.3. The van der Waals surface area contributed by atoms with Crippen molar-refractivity contribution in [2.45, 2.75) is 6.18 Å². The number of thiophene rings is 1. The number of hydrogen-bond acceptors (Lipinski definition) is 7. The van der Waals surface area contributed by atoms with Crippen molar-refractivity contribution in [2.24, 2.45) is 0 Å². The minimum atomic E-state index is -4.62. The van der Waals surface area contributed by atoms with E-state index >= 15 is 0 Å². The van der Waals surface area contributed by atoms with Crippen LogP contribution in [0.15, 0.2) is 45.9 Å². The van der Waals surface area contributed by atoms with Crippen LogP contribution < -0.4 is 20.1 Å². The maximum absolute atomic E-state index is 13.4.